The van der Waals surface area contributed by atoms with Gasteiger partial charge in [0.2, 0.25) is 5.88 Å². The van der Waals surface area contributed by atoms with Crippen LogP contribution in [-0.4, -0.2) is 56.0 Å². The second kappa shape index (κ2) is 10.2. The van der Waals surface area contributed by atoms with E-state index in [1.807, 2.05) is 19.0 Å². The van der Waals surface area contributed by atoms with E-state index in [9.17, 15) is 19.8 Å². The Bertz CT molecular complexity index is 1120. The maximum Gasteiger partial charge on any atom is 0.331 e. The molecule has 0 aliphatic carbocycles. The third kappa shape index (κ3) is 5.37. The van der Waals surface area contributed by atoms with E-state index in [1.54, 1.807) is 54.0 Å². The monoisotopic (exact) mass is 440 g/mol. The van der Waals surface area contributed by atoms with Crippen LogP contribution in [0.15, 0.2) is 53.3 Å². The van der Waals surface area contributed by atoms with Gasteiger partial charge in [0, 0.05) is 18.5 Å². The molecular formula is C23H28N4O5. The Balaban J connectivity index is 1.95. The van der Waals surface area contributed by atoms with Crippen molar-refractivity contribution in [3.8, 4) is 11.6 Å². The number of phenolic OH excluding ortho intramolecular Hbond substituents is 1. The smallest absolute Gasteiger partial charge is 0.331 e. The number of imidazole rings is 1. The number of nitrogens with zero attached hydrogens (tertiary/aromatic N) is 3. The van der Waals surface area contributed by atoms with Gasteiger partial charge in [-0.1, -0.05) is 24.3 Å². The van der Waals surface area contributed by atoms with Gasteiger partial charge in [-0.3, -0.25) is 19.1 Å². The van der Waals surface area contributed by atoms with Crippen molar-refractivity contribution in [2.24, 2.45) is 0 Å². The van der Waals surface area contributed by atoms with Crippen molar-refractivity contribution in [2.45, 2.75) is 25.9 Å². The lowest BCUT2D eigenvalue weighted by atomic mass is 10.1. The van der Waals surface area contributed by atoms with Gasteiger partial charge in [-0.2, -0.15) is 0 Å². The zero-order chi connectivity index (χ0) is 23.3. The summed E-state index contributed by atoms with van der Waals surface area (Å²) in [7, 11) is 3.90. The van der Waals surface area contributed by atoms with Gasteiger partial charge in [-0.15, -0.1) is 0 Å². The Morgan fingerprint density at radius 1 is 0.969 bits per heavy atom. The summed E-state index contributed by atoms with van der Waals surface area (Å²) in [5.74, 6) is -0.548. The first-order valence-electron chi connectivity index (χ1n) is 10.3. The summed E-state index contributed by atoms with van der Waals surface area (Å²) < 4.78 is 2.91. The molecule has 4 N–H and O–H groups in total. The molecule has 9 nitrogen and oxygen atoms in total. The molecular weight excluding hydrogens is 412 g/mol. The highest BCUT2D eigenvalue weighted by Crippen LogP contribution is 2.22. The lowest BCUT2D eigenvalue weighted by molar-refractivity contribution is 0.0706. The summed E-state index contributed by atoms with van der Waals surface area (Å²) in [6, 6.07) is 13.1. The van der Waals surface area contributed by atoms with Crippen LogP contribution < -0.4 is 11.2 Å². The lowest BCUT2D eigenvalue weighted by Crippen LogP contribution is -2.27. The number of carbonyl (C=O) groups is 1. The molecule has 32 heavy (non-hydrogen) atoms. The minimum atomic E-state index is -0.619. The molecule has 9 heteroatoms. The van der Waals surface area contributed by atoms with E-state index < -0.39 is 5.91 Å². The molecule has 0 unspecified atom stereocenters. The number of benzene rings is 2. The van der Waals surface area contributed by atoms with Crippen molar-refractivity contribution in [3.05, 3.63) is 81.4 Å². The zero-order valence-electron chi connectivity index (χ0n) is 18.2. The van der Waals surface area contributed by atoms with E-state index in [2.05, 4.69) is 0 Å². The van der Waals surface area contributed by atoms with Crippen LogP contribution in [0.5, 0.6) is 11.6 Å². The topological polar surface area (TPSA) is 120 Å². The summed E-state index contributed by atoms with van der Waals surface area (Å²) in [5, 5.41) is 29.2. The number of carbonyl (C=O) groups excluding carboxylic acids is 1. The molecule has 0 fully saturated rings. The number of aromatic hydroxyl groups is 2. The molecule has 0 aliphatic rings. The van der Waals surface area contributed by atoms with Crippen LogP contribution in [0.1, 0.15) is 33.6 Å². The summed E-state index contributed by atoms with van der Waals surface area (Å²) in [4.78, 5) is 26.7. The SMILES string of the molecule is CN(C)CCCn1c(O)c(Cc2ccc(O)cc2)n(Cc2ccc(C(=O)NO)cc2)c1=O. The van der Waals surface area contributed by atoms with E-state index in [0.29, 0.717) is 25.1 Å². The number of hydroxylamine groups is 1. The second-order valence-corrected chi connectivity index (χ2v) is 7.93. The highest BCUT2D eigenvalue weighted by Gasteiger charge is 2.20. The molecule has 3 rings (SSSR count). The normalized spacial score (nSPS) is 11.1. The molecule has 0 bridgehead atoms. The third-order valence-corrected chi connectivity index (χ3v) is 5.25. The quantitative estimate of drug-likeness (QED) is 0.297. The molecule has 0 saturated heterocycles. The fourth-order valence-electron chi connectivity index (χ4n) is 3.53. The van der Waals surface area contributed by atoms with Crippen molar-refractivity contribution in [1.29, 1.82) is 0 Å². The van der Waals surface area contributed by atoms with Gasteiger partial charge in [0.05, 0.1) is 12.2 Å². The standard InChI is InChI=1S/C23H28N4O5/c1-25(2)12-3-13-26-22(30)20(14-16-6-10-19(28)11-7-16)27(23(26)31)15-17-4-8-18(9-5-17)21(29)24-32/h4-11,28,30,32H,3,12-15H2,1-2H3,(H,24,29). The molecule has 0 aliphatic heterocycles. The number of aromatic nitrogens is 2. The Morgan fingerprint density at radius 3 is 2.19 bits per heavy atom. The zero-order valence-corrected chi connectivity index (χ0v) is 18.2. The van der Waals surface area contributed by atoms with Crippen LogP contribution in [0.2, 0.25) is 0 Å². The molecule has 1 amide bonds. The number of hydrogen-bond acceptors (Lipinski definition) is 6. The number of amides is 1. The van der Waals surface area contributed by atoms with Gasteiger partial charge in [-0.25, -0.2) is 10.3 Å². The van der Waals surface area contributed by atoms with Crippen molar-refractivity contribution in [3.63, 3.8) is 0 Å². The Hall–Kier alpha value is -3.56. The van der Waals surface area contributed by atoms with Gasteiger partial charge in [0.15, 0.2) is 0 Å². The number of nitrogens with one attached hydrogen (secondary N) is 1. The highest BCUT2D eigenvalue weighted by molar-refractivity contribution is 5.93. The van der Waals surface area contributed by atoms with Gasteiger partial charge >= 0.3 is 5.69 Å². The maximum absolute atomic E-state index is 13.2. The number of rotatable bonds is 9. The van der Waals surface area contributed by atoms with Gasteiger partial charge in [0.25, 0.3) is 5.91 Å². The van der Waals surface area contributed by atoms with Crippen LogP contribution in [0.3, 0.4) is 0 Å². The molecule has 0 spiro atoms. The highest BCUT2D eigenvalue weighted by atomic mass is 16.5. The van der Waals surface area contributed by atoms with E-state index in [4.69, 9.17) is 5.21 Å². The van der Waals surface area contributed by atoms with E-state index in [1.165, 1.54) is 9.13 Å². The summed E-state index contributed by atoms with van der Waals surface area (Å²) >= 11 is 0. The summed E-state index contributed by atoms with van der Waals surface area (Å²) in [5.41, 5.74) is 3.64. The predicted molar refractivity (Wildman–Crippen MR) is 119 cm³/mol. The maximum atomic E-state index is 13.2. The van der Waals surface area contributed by atoms with Crippen LogP contribution >= 0.6 is 0 Å². The fourth-order valence-corrected chi connectivity index (χ4v) is 3.53. The molecule has 2 aromatic carbocycles. The molecule has 1 heterocycles. The average molecular weight is 441 g/mol. The van der Waals surface area contributed by atoms with Crippen LogP contribution in [0, 0.1) is 0 Å². The summed E-state index contributed by atoms with van der Waals surface area (Å²) in [6.07, 6.45) is 1.02. The first kappa shape index (κ1) is 23.1. The van der Waals surface area contributed by atoms with Crippen molar-refractivity contribution in [2.75, 3.05) is 20.6 Å². The van der Waals surface area contributed by atoms with Gasteiger partial charge < -0.3 is 15.1 Å². The number of phenols is 1. The van der Waals surface area contributed by atoms with Gasteiger partial charge in [0.1, 0.15) is 5.75 Å². The minimum absolute atomic E-state index is 0.0712. The first-order valence-corrected chi connectivity index (χ1v) is 10.3. The Labute approximate surface area is 185 Å². The van der Waals surface area contributed by atoms with Gasteiger partial charge in [-0.05, 0) is 62.5 Å². The minimum Gasteiger partial charge on any atom is -0.508 e. The fraction of sp³-hybridized carbons (Fsp3) is 0.304. The van der Waals surface area contributed by atoms with Crippen LogP contribution in [0.25, 0.3) is 0 Å². The second-order valence-electron chi connectivity index (χ2n) is 7.93. The van der Waals surface area contributed by atoms with Crippen molar-refractivity contribution >= 4 is 5.91 Å². The van der Waals surface area contributed by atoms with Crippen LogP contribution in [-0.2, 0) is 19.5 Å². The Morgan fingerprint density at radius 2 is 1.59 bits per heavy atom. The van der Waals surface area contributed by atoms with Crippen molar-refractivity contribution in [1.82, 2.24) is 19.5 Å². The average Bonchev–Trinajstić information content (AvgIpc) is 2.99. The summed E-state index contributed by atoms with van der Waals surface area (Å²) in [6.45, 7) is 1.37. The molecule has 0 radical (unpaired) electrons. The molecule has 3 aromatic rings. The predicted octanol–water partition coefficient (Wildman–Crippen LogP) is 1.77. The number of hydrogen-bond donors (Lipinski definition) is 4. The molecule has 1 aromatic heterocycles. The molecule has 0 saturated carbocycles. The first-order chi connectivity index (χ1) is 15.3. The van der Waals surface area contributed by atoms with Crippen molar-refractivity contribution < 1.29 is 20.2 Å². The van der Waals surface area contributed by atoms with E-state index in [0.717, 1.165) is 17.7 Å². The van der Waals surface area contributed by atoms with E-state index >= 15 is 0 Å². The van der Waals surface area contributed by atoms with E-state index in [-0.39, 0.29) is 29.4 Å². The molecule has 170 valence electrons. The molecule has 0 atom stereocenters. The Kier molecular flexibility index (Phi) is 7.34. The largest absolute Gasteiger partial charge is 0.508 e. The van der Waals surface area contributed by atoms with Crippen LogP contribution in [0.4, 0.5) is 0 Å². The lowest BCUT2D eigenvalue weighted by Gasteiger charge is -2.09. The third-order valence-electron chi connectivity index (χ3n) is 5.25.